The van der Waals surface area contributed by atoms with Gasteiger partial charge in [0.25, 0.3) is 0 Å². The van der Waals surface area contributed by atoms with Crippen LogP contribution in [-0.2, 0) is 16.1 Å². The standard InChI is InChI=1S/C14H19N3O2/c1-4-14(3)13(19)17(9-12(18)16-14)8-11-6-5-10(2)15-7-11/h5-7H,4,8-9H2,1-3H3,(H,16,18). The zero-order chi connectivity index (χ0) is 14.0. The summed E-state index contributed by atoms with van der Waals surface area (Å²) in [4.78, 5) is 29.9. The lowest BCUT2D eigenvalue weighted by atomic mass is 9.94. The molecular weight excluding hydrogens is 242 g/mol. The average Bonchev–Trinajstić information content (AvgIpc) is 2.38. The molecule has 1 aromatic heterocycles. The highest BCUT2D eigenvalue weighted by Crippen LogP contribution is 2.19. The van der Waals surface area contributed by atoms with Gasteiger partial charge in [0, 0.05) is 18.4 Å². The van der Waals surface area contributed by atoms with E-state index in [0.29, 0.717) is 13.0 Å². The number of amides is 2. The van der Waals surface area contributed by atoms with Gasteiger partial charge in [-0.25, -0.2) is 0 Å². The van der Waals surface area contributed by atoms with E-state index >= 15 is 0 Å². The van der Waals surface area contributed by atoms with Crippen molar-refractivity contribution in [1.29, 1.82) is 0 Å². The molecule has 0 aliphatic carbocycles. The summed E-state index contributed by atoms with van der Waals surface area (Å²) in [6.45, 7) is 6.12. The lowest BCUT2D eigenvalue weighted by Gasteiger charge is -2.39. The maximum Gasteiger partial charge on any atom is 0.248 e. The van der Waals surface area contributed by atoms with Crippen molar-refractivity contribution in [1.82, 2.24) is 15.2 Å². The molecule has 102 valence electrons. The molecule has 2 heterocycles. The minimum Gasteiger partial charge on any atom is -0.340 e. The van der Waals surface area contributed by atoms with Crippen LogP contribution in [0.25, 0.3) is 0 Å². The van der Waals surface area contributed by atoms with Crippen LogP contribution >= 0.6 is 0 Å². The zero-order valence-corrected chi connectivity index (χ0v) is 11.6. The first kappa shape index (κ1) is 13.5. The number of rotatable bonds is 3. The van der Waals surface area contributed by atoms with E-state index in [9.17, 15) is 9.59 Å². The van der Waals surface area contributed by atoms with Gasteiger partial charge >= 0.3 is 0 Å². The summed E-state index contributed by atoms with van der Waals surface area (Å²) < 4.78 is 0. The Labute approximate surface area is 113 Å². The Morgan fingerprint density at radius 3 is 2.74 bits per heavy atom. The highest BCUT2D eigenvalue weighted by Gasteiger charge is 2.41. The smallest absolute Gasteiger partial charge is 0.248 e. The minimum atomic E-state index is -0.784. The number of nitrogens with one attached hydrogen (secondary N) is 1. The van der Waals surface area contributed by atoms with Gasteiger partial charge in [-0.1, -0.05) is 13.0 Å². The topological polar surface area (TPSA) is 62.3 Å². The number of aromatic nitrogens is 1. The Hall–Kier alpha value is -1.91. The molecule has 5 nitrogen and oxygen atoms in total. The van der Waals surface area contributed by atoms with Crippen molar-refractivity contribution in [2.24, 2.45) is 0 Å². The van der Waals surface area contributed by atoms with E-state index in [1.54, 1.807) is 18.0 Å². The highest BCUT2D eigenvalue weighted by molar-refractivity contribution is 5.97. The van der Waals surface area contributed by atoms with Gasteiger partial charge in [-0.3, -0.25) is 14.6 Å². The molecule has 19 heavy (non-hydrogen) atoms. The van der Waals surface area contributed by atoms with Crippen LogP contribution in [0.4, 0.5) is 0 Å². The van der Waals surface area contributed by atoms with E-state index in [0.717, 1.165) is 11.3 Å². The second kappa shape index (κ2) is 4.99. The Morgan fingerprint density at radius 1 is 1.42 bits per heavy atom. The van der Waals surface area contributed by atoms with Gasteiger partial charge in [-0.05, 0) is 31.9 Å². The van der Waals surface area contributed by atoms with Crippen molar-refractivity contribution in [2.45, 2.75) is 39.3 Å². The van der Waals surface area contributed by atoms with Crippen LogP contribution in [0, 0.1) is 6.92 Å². The highest BCUT2D eigenvalue weighted by atomic mass is 16.2. The third-order valence-electron chi connectivity index (χ3n) is 3.56. The molecule has 1 atom stereocenters. The number of nitrogens with zero attached hydrogens (tertiary/aromatic N) is 2. The van der Waals surface area contributed by atoms with Crippen molar-refractivity contribution in [3.63, 3.8) is 0 Å². The number of piperazine rings is 1. The normalized spacial score (nSPS) is 23.4. The predicted octanol–water partition coefficient (Wildman–Crippen LogP) is 1.02. The predicted molar refractivity (Wildman–Crippen MR) is 71.2 cm³/mol. The quantitative estimate of drug-likeness (QED) is 0.883. The molecule has 2 amide bonds. The molecule has 0 spiro atoms. The Kier molecular flexibility index (Phi) is 3.55. The van der Waals surface area contributed by atoms with Crippen molar-refractivity contribution in [2.75, 3.05) is 6.54 Å². The van der Waals surface area contributed by atoms with Crippen LogP contribution in [-0.4, -0.2) is 33.8 Å². The number of hydrogen-bond acceptors (Lipinski definition) is 3. The molecule has 1 fully saturated rings. The summed E-state index contributed by atoms with van der Waals surface area (Å²) in [7, 11) is 0. The largest absolute Gasteiger partial charge is 0.340 e. The summed E-state index contributed by atoms with van der Waals surface area (Å²) in [6.07, 6.45) is 2.33. The van der Waals surface area contributed by atoms with Crippen molar-refractivity contribution < 1.29 is 9.59 Å². The fourth-order valence-corrected chi connectivity index (χ4v) is 2.17. The molecule has 1 saturated heterocycles. The van der Waals surface area contributed by atoms with Gasteiger partial charge in [-0.2, -0.15) is 0 Å². The lowest BCUT2D eigenvalue weighted by Crippen LogP contribution is -2.64. The Morgan fingerprint density at radius 2 is 2.16 bits per heavy atom. The van der Waals surface area contributed by atoms with Crippen molar-refractivity contribution in [3.05, 3.63) is 29.6 Å². The molecule has 1 aliphatic heterocycles. The monoisotopic (exact) mass is 261 g/mol. The van der Waals surface area contributed by atoms with Gasteiger partial charge in [0.2, 0.25) is 11.8 Å². The van der Waals surface area contributed by atoms with E-state index in [1.807, 2.05) is 26.0 Å². The summed E-state index contributed by atoms with van der Waals surface area (Å²) in [5.74, 6) is -0.140. The third kappa shape index (κ3) is 2.75. The van der Waals surface area contributed by atoms with E-state index in [2.05, 4.69) is 10.3 Å². The SMILES string of the molecule is CCC1(C)NC(=O)CN(Cc2ccc(C)nc2)C1=O. The lowest BCUT2D eigenvalue weighted by molar-refractivity contribution is -0.149. The molecule has 1 N–H and O–H groups in total. The van der Waals surface area contributed by atoms with Crippen LogP contribution < -0.4 is 5.32 Å². The van der Waals surface area contributed by atoms with Gasteiger partial charge in [0.05, 0.1) is 6.54 Å². The van der Waals surface area contributed by atoms with Crippen LogP contribution in [0.15, 0.2) is 18.3 Å². The molecule has 1 aromatic rings. The first-order chi connectivity index (χ1) is 8.94. The second-order valence-electron chi connectivity index (χ2n) is 5.20. The van der Waals surface area contributed by atoms with E-state index < -0.39 is 5.54 Å². The zero-order valence-electron chi connectivity index (χ0n) is 11.6. The van der Waals surface area contributed by atoms with Crippen LogP contribution in [0.3, 0.4) is 0 Å². The van der Waals surface area contributed by atoms with Crippen molar-refractivity contribution >= 4 is 11.8 Å². The number of hydrogen-bond donors (Lipinski definition) is 1. The molecule has 5 heteroatoms. The molecule has 1 unspecified atom stereocenters. The molecule has 0 bridgehead atoms. The summed E-state index contributed by atoms with van der Waals surface area (Å²) >= 11 is 0. The molecular formula is C14H19N3O2. The molecule has 0 aromatic carbocycles. The second-order valence-corrected chi connectivity index (χ2v) is 5.20. The van der Waals surface area contributed by atoms with Gasteiger partial charge in [0.15, 0.2) is 0 Å². The van der Waals surface area contributed by atoms with Crippen LogP contribution in [0.5, 0.6) is 0 Å². The molecule has 0 saturated carbocycles. The van der Waals surface area contributed by atoms with Crippen LogP contribution in [0.1, 0.15) is 31.5 Å². The Bertz CT molecular complexity index is 498. The Balaban J connectivity index is 2.17. The van der Waals surface area contributed by atoms with E-state index in [1.165, 1.54) is 0 Å². The minimum absolute atomic E-state index is 0.0322. The summed E-state index contributed by atoms with van der Waals surface area (Å²) in [5.41, 5.74) is 1.09. The van der Waals surface area contributed by atoms with Gasteiger partial charge in [-0.15, -0.1) is 0 Å². The number of carbonyl (C=O) groups excluding carboxylic acids is 2. The van der Waals surface area contributed by atoms with E-state index in [4.69, 9.17) is 0 Å². The van der Waals surface area contributed by atoms with Gasteiger partial charge < -0.3 is 10.2 Å². The van der Waals surface area contributed by atoms with E-state index in [-0.39, 0.29) is 18.4 Å². The first-order valence-corrected chi connectivity index (χ1v) is 6.46. The molecule has 2 rings (SSSR count). The first-order valence-electron chi connectivity index (χ1n) is 6.46. The maximum atomic E-state index is 12.4. The van der Waals surface area contributed by atoms with Crippen LogP contribution in [0.2, 0.25) is 0 Å². The summed E-state index contributed by atoms with van der Waals surface area (Å²) in [6, 6.07) is 3.84. The van der Waals surface area contributed by atoms with Crippen molar-refractivity contribution in [3.8, 4) is 0 Å². The fraction of sp³-hybridized carbons (Fsp3) is 0.500. The number of pyridine rings is 1. The molecule has 1 aliphatic rings. The molecule has 0 radical (unpaired) electrons. The number of aryl methyl sites for hydroxylation is 1. The fourth-order valence-electron chi connectivity index (χ4n) is 2.17. The summed E-state index contributed by atoms with van der Waals surface area (Å²) in [5, 5.41) is 2.77. The van der Waals surface area contributed by atoms with Gasteiger partial charge in [0.1, 0.15) is 5.54 Å². The number of carbonyl (C=O) groups is 2. The average molecular weight is 261 g/mol. The third-order valence-corrected chi connectivity index (χ3v) is 3.56. The maximum absolute atomic E-state index is 12.4.